The van der Waals surface area contributed by atoms with Gasteiger partial charge in [0.1, 0.15) is 5.82 Å². The van der Waals surface area contributed by atoms with E-state index in [1.54, 1.807) is 18.5 Å². The lowest BCUT2D eigenvalue weighted by Gasteiger charge is -2.20. The third-order valence-corrected chi connectivity index (χ3v) is 4.40. The maximum absolute atomic E-state index is 14.0. The van der Waals surface area contributed by atoms with Crippen molar-refractivity contribution in [1.82, 2.24) is 10.3 Å². The number of benzene rings is 2. The highest BCUT2D eigenvalue weighted by atomic mass is 19.1. The van der Waals surface area contributed by atoms with Crippen LogP contribution in [0.4, 0.5) is 10.1 Å². The second-order valence-electron chi connectivity index (χ2n) is 5.84. The van der Waals surface area contributed by atoms with E-state index in [4.69, 9.17) is 0 Å². The summed E-state index contributed by atoms with van der Waals surface area (Å²) in [5.41, 5.74) is 2.63. The minimum atomic E-state index is -0.261. The third-order valence-electron chi connectivity index (χ3n) is 4.40. The lowest BCUT2D eigenvalue weighted by molar-refractivity contribution is 0.102. The molecule has 0 aliphatic carbocycles. The molecule has 1 amide bonds. The van der Waals surface area contributed by atoms with Crippen molar-refractivity contribution < 1.29 is 9.18 Å². The van der Waals surface area contributed by atoms with Crippen molar-refractivity contribution in [1.29, 1.82) is 0 Å². The van der Waals surface area contributed by atoms with E-state index in [0.29, 0.717) is 29.8 Å². The van der Waals surface area contributed by atoms with Gasteiger partial charge in [0.2, 0.25) is 0 Å². The van der Waals surface area contributed by atoms with Crippen LogP contribution in [0.2, 0.25) is 0 Å². The van der Waals surface area contributed by atoms with Gasteiger partial charge in [-0.15, -0.1) is 0 Å². The van der Waals surface area contributed by atoms with Gasteiger partial charge < -0.3 is 10.6 Å². The number of amides is 1. The van der Waals surface area contributed by atoms with E-state index in [0.717, 1.165) is 22.9 Å². The Morgan fingerprint density at radius 3 is 3.00 bits per heavy atom. The van der Waals surface area contributed by atoms with Crippen molar-refractivity contribution in [3.8, 4) is 0 Å². The molecule has 4 rings (SSSR count). The minimum Gasteiger partial charge on any atom is -0.321 e. The zero-order valence-corrected chi connectivity index (χ0v) is 13.0. The maximum atomic E-state index is 14.0. The largest absolute Gasteiger partial charge is 0.321 e. The Morgan fingerprint density at radius 1 is 1.17 bits per heavy atom. The highest BCUT2D eigenvalue weighted by Crippen LogP contribution is 2.25. The van der Waals surface area contributed by atoms with E-state index in [9.17, 15) is 9.18 Å². The SMILES string of the molecule is O=C(Nc1cccc2ccncc12)c1ccc(F)c2c1CCNC2. The fourth-order valence-electron chi connectivity index (χ4n) is 3.19. The van der Waals surface area contributed by atoms with Crippen LogP contribution >= 0.6 is 0 Å². The molecule has 0 radical (unpaired) electrons. The van der Waals surface area contributed by atoms with Crippen molar-refractivity contribution in [3.05, 3.63) is 71.3 Å². The smallest absolute Gasteiger partial charge is 0.255 e. The first-order valence-electron chi connectivity index (χ1n) is 7.89. The predicted molar refractivity (Wildman–Crippen MR) is 91.5 cm³/mol. The molecule has 3 aromatic rings. The Kier molecular flexibility index (Phi) is 3.70. The van der Waals surface area contributed by atoms with Crippen LogP contribution in [-0.2, 0) is 13.0 Å². The first-order valence-corrected chi connectivity index (χ1v) is 7.89. The van der Waals surface area contributed by atoms with Gasteiger partial charge in [-0.1, -0.05) is 12.1 Å². The number of nitrogens with zero attached hydrogens (tertiary/aromatic N) is 1. The number of pyridine rings is 1. The monoisotopic (exact) mass is 321 g/mol. The van der Waals surface area contributed by atoms with Gasteiger partial charge in [-0.25, -0.2) is 4.39 Å². The van der Waals surface area contributed by atoms with Crippen LogP contribution in [0.15, 0.2) is 48.8 Å². The lowest BCUT2D eigenvalue weighted by Crippen LogP contribution is -2.27. The zero-order chi connectivity index (χ0) is 16.5. The Labute approximate surface area is 138 Å². The summed E-state index contributed by atoms with van der Waals surface area (Å²) in [4.78, 5) is 16.9. The second-order valence-corrected chi connectivity index (χ2v) is 5.84. The van der Waals surface area contributed by atoms with E-state index < -0.39 is 0 Å². The molecule has 120 valence electrons. The lowest BCUT2D eigenvalue weighted by atomic mass is 9.94. The molecule has 24 heavy (non-hydrogen) atoms. The molecule has 2 heterocycles. The van der Waals surface area contributed by atoms with Gasteiger partial charge in [0.05, 0.1) is 5.69 Å². The number of hydrogen-bond acceptors (Lipinski definition) is 3. The molecule has 0 bridgehead atoms. The summed E-state index contributed by atoms with van der Waals surface area (Å²) in [5.74, 6) is -0.479. The molecule has 1 aliphatic rings. The average Bonchev–Trinajstić information content (AvgIpc) is 2.62. The summed E-state index contributed by atoms with van der Waals surface area (Å²) in [6.07, 6.45) is 4.10. The average molecular weight is 321 g/mol. The summed E-state index contributed by atoms with van der Waals surface area (Å²) < 4.78 is 14.0. The van der Waals surface area contributed by atoms with E-state index in [1.165, 1.54) is 6.07 Å². The van der Waals surface area contributed by atoms with Gasteiger partial charge in [0.15, 0.2) is 0 Å². The van der Waals surface area contributed by atoms with E-state index in [1.807, 2.05) is 24.3 Å². The molecule has 0 saturated heterocycles. The normalized spacial score (nSPS) is 13.5. The molecule has 0 saturated carbocycles. The zero-order valence-electron chi connectivity index (χ0n) is 13.0. The molecule has 1 aliphatic heterocycles. The second kappa shape index (κ2) is 6.02. The number of carbonyl (C=O) groups is 1. The molecule has 0 unspecified atom stereocenters. The number of halogens is 1. The van der Waals surface area contributed by atoms with E-state index >= 15 is 0 Å². The number of rotatable bonds is 2. The molecule has 0 atom stereocenters. The molecule has 5 heteroatoms. The van der Waals surface area contributed by atoms with Gasteiger partial charge in [-0.2, -0.15) is 0 Å². The fourth-order valence-corrected chi connectivity index (χ4v) is 3.19. The molecule has 0 spiro atoms. The number of anilines is 1. The van der Waals surface area contributed by atoms with Crippen LogP contribution in [0.1, 0.15) is 21.5 Å². The third kappa shape index (κ3) is 2.53. The van der Waals surface area contributed by atoms with Crippen LogP contribution in [0, 0.1) is 5.82 Å². The number of hydrogen-bond donors (Lipinski definition) is 2. The first-order chi connectivity index (χ1) is 11.7. The number of fused-ring (bicyclic) bond motifs is 2. The first kappa shape index (κ1) is 14.8. The summed E-state index contributed by atoms with van der Waals surface area (Å²) >= 11 is 0. The molecule has 4 nitrogen and oxygen atoms in total. The highest BCUT2D eigenvalue weighted by Gasteiger charge is 2.21. The van der Waals surface area contributed by atoms with Gasteiger partial charge in [0.25, 0.3) is 5.91 Å². The fraction of sp³-hybridized carbons (Fsp3) is 0.158. The Balaban J connectivity index is 1.72. The number of nitrogens with one attached hydrogen (secondary N) is 2. The molecule has 2 N–H and O–H groups in total. The van der Waals surface area contributed by atoms with Crippen molar-refractivity contribution in [2.24, 2.45) is 0 Å². The van der Waals surface area contributed by atoms with Gasteiger partial charge in [0, 0.05) is 35.5 Å². The summed E-state index contributed by atoms with van der Waals surface area (Å²) in [7, 11) is 0. The number of aromatic nitrogens is 1. The van der Waals surface area contributed by atoms with E-state index in [2.05, 4.69) is 15.6 Å². The quantitative estimate of drug-likeness (QED) is 0.762. The summed E-state index contributed by atoms with van der Waals surface area (Å²) in [6, 6.07) is 10.5. The van der Waals surface area contributed by atoms with Crippen LogP contribution in [0.25, 0.3) is 10.8 Å². The van der Waals surface area contributed by atoms with Crippen LogP contribution in [-0.4, -0.2) is 17.4 Å². The Morgan fingerprint density at radius 2 is 2.08 bits per heavy atom. The van der Waals surface area contributed by atoms with Crippen molar-refractivity contribution in [2.75, 3.05) is 11.9 Å². The molecule has 2 aromatic carbocycles. The van der Waals surface area contributed by atoms with Crippen LogP contribution in [0.5, 0.6) is 0 Å². The van der Waals surface area contributed by atoms with Crippen LogP contribution in [0.3, 0.4) is 0 Å². The summed E-state index contributed by atoms with van der Waals surface area (Å²) in [6.45, 7) is 1.20. The van der Waals surface area contributed by atoms with E-state index in [-0.39, 0.29) is 11.7 Å². The topological polar surface area (TPSA) is 54.0 Å². The Hall–Kier alpha value is -2.79. The van der Waals surface area contributed by atoms with Gasteiger partial charge >= 0.3 is 0 Å². The van der Waals surface area contributed by atoms with Gasteiger partial charge in [-0.05, 0) is 48.2 Å². The maximum Gasteiger partial charge on any atom is 0.255 e. The van der Waals surface area contributed by atoms with Crippen molar-refractivity contribution >= 4 is 22.4 Å². The molecular weight excluding hydrogens is 305 g/mol. The molecule has 1 aromatic heterocycles. The standard InChI is InChI=1S/C19H16FN3O/c20-17-5-4-14(13-7-9-22-11-16(13)17)19(24)23-18-3-1-2-12-6-8-21-10-15(12)18/h1-6,8,10,22H,7,9,11H2,(H,23,24). The van der Waals surface area contributed by atoms with Gasteiger partial charge in [-0.3, -0.25) is 9.78 Å². The Bertz CT molecular complexity index is 934. The molecular formula is C19H16FN3O. The van der Waals surface area contributed by atoms with Crippen molar-refractivity contribution in [3.63, 3.8) is 0 Å². The van der Waals surface area contributed by atoms with Crippen LogP contribution < -0.4 is 10.6 Å². The molecule has 0 fully saturated rings. The highest BCUT2D eigenvalue weighted by molar-refractivity contribution is 6.09. The minimum absolute atomic E-state index is 0.218. The van der Waals surface area contributed by atoms with Crippen molar-refractivity contribution in [2.45, 2.75) is 13.0 Å². The number of carbonyl (C=O) groups excluding carboxylic acids is 1. The summed E-state index contributed by atoms with van der Waals surface area (Å²) in [5, 5.41) is 7.98. The predicted octanol–water partition coefficient (Wildman–Crippen LogP) is 3.27.